The Morgan fingerprint density at radius 1 is 0.885 bits per heavy atom. The first-order chi connectivity index (χ1) is 24.9. The number of hydrogen-bond donors (Lipinski definition) is 1. The number of para-hydroxylation sites is 1. The van der Waals surface area contributed by atoms with Gasteiger partial charge in [-0.2, -0.15) is 4.57 Å². The van der Waals surface area contributed by atoms with Crippen LogP contribution in [-0.2, 0) is 17.8 Å². The summed E-state index contributed by atoms with van der Waals surface area (Å²) in [6.07, 6.45) is 19.4. The number of carbonyl (C=O) groups excluding carboxylic acids is 1. The number of carbonyl (C=O) groups is 1. The van der Waals surface area contributed by atoms with Crippen LogP contribution in [0.25, 0.3) is 23.1 Å². The third kappa shape index (κ3) is 10.3. The fourth-order valence-electron chi connectivity index (χ4n) is 7.03. The number of aromatic nitrogens is 1. The predicted octanol–water partition coefficient (Wildman–Crippen LogP) is 11.4. The number of allylic oxidation sites excluding steroid dienone is 6. The van der Waals surface area contributed by atoms with Gasteiger partial charge in [-0.1, -0.05) is 59.2 Å². The Balaban J connectivity index is 1.23. The zero-order valence-electron chi connectivity index (χ0n) is 32.4. The molecule has 0 bridgehead atoms. The number of ether oxygens (including phenoxy) is 2. The van der Waals surface area contributed by atoms with Gasteiger partial charge in [-0.05, 0) is 153 Å². The van der Waals surface area contributed by atoms with Crippen LogP contribution >= 0.6 is 0 Å². The highest BCUT2D eigenvalue weighted by molar-refractivity contribution is 5.79. The van der Waals surface area contributed by atoms with E-state index in [0.717, 1.165) is 102 Å². The number of aryl methyl sites for hydroxylation is 1. The molecule has 0 spiro atoms. The van der Waals surface area contributed by atoms with E-state index in [0.29, 0.717) is 5.75 Å². The van der Waals surface area contributed by atoms with Crippen LogP contribution in [0.2, 0.25) is 0 Å². The molecule has 0 saturated carbocycles. The fraction of sp³-hybridized carbons (Fsp3) is 0.362. The third-order valence-corrected chi connectivity index (χ3v) is 10.2. The number of rotatable bonds is 14. The van der Waals surface area contributed by atoms with Crippen molar-refractivity contribution in [3.63, 3.8) is 0 Å². The second-order valence-electron chi connectivity index (χ2n) is 15.1. The van der Waals surface area contributed by atoms with Crippen molar-refractivity contribution in [3.05, 3.63) is 130 Å². The maximum Gasteiger partial charge on any atom is 0.378 e. The molecule has 1 unspecified atom stereocenters. The van der Waals surface area contributed by atoms with Crippen LogP contribution in [0.15, 0.2) is 102 Å². The molecule has 5 nitrogen and oxygen atoms in total. The Morgan fingerprint density at radius 3 is 2.31 bits per heavy atom. The first kappa shape index (κ1) is 38.3. The molecule has 4 aromatic rings. The summed E-state index contributed by atoms with van der Waals surface area (Å²) in [6.45, 7) is 15.2. The zero-order chi connectivity index (χ0) is 37.3. The van der Waals surface area contributed by atoms with E-state index < -0.39 is 0 Å². The van der Waals surface area contributed by atoms with Crippen LogP contribution in [0.4, 0.5) is 5.69 Å². The first-order valence-electron chi connectivity index (χ1n) is 18.8. The fourth-order valence-corrected chi connectivity index (χ4v) is 7.03. The van der Waals surface area contributed by atoms with E-state index in [1.807, 2.05) is 72.2 Å². The molecule has 2 heterocycles. The standard InChI is InChI=1S/C47H56N2O3/c1-33(2)13-10-14-34(3)15-11-16-35(4)17-12-29-47(7)30-28-42-37(6)46(36(5)31-44(42)52-47)51-45(50)32-49-41(26-22-38-20-24-40(48)25-21-38)27-23-39-18-8-9-19-43(39)49/h8-9,13,15,17-27,31,48H,10-12,14,16,28-30,32H2,1-7H3/p+1/b34-15+,35-17+. The minimum absolute atomic E-state index is 0.0758. The van der Waals surface area contributed by atoms with Gasteiger partial charge in [0.2, 0.25) is 17.8 Å². The van der Waals surface area contributed by atoms with Crippen LogP contribution in [0.5, 0.6) is 11.5 Å². The molecular formula is C47H57N2O3+. The highest BCUT2D eigenvalue weighted by atomic mass is 16.5. The lowest BCUT2D eigenvalue weighted by molar-refractivity contribution is -0.661. The topological polar surface area (TPSA) is 65.4 Å². The van der Waals surface area contributed by atoms with E-state index in [4.69, 9.17) is 15.2 Å². The predicted molar refractivity (Wildman–Crippen MR) is 217 cm³/mol. The summed E-state index contributed by atoms with van der Waals surface area (Å²) < 4.78 is 14.9. The Hall–Kier alpha value is -4.90. The summed E-state index contributed by atoms with van der Waals surface area (Å²) in [7, 11) is 0. The maximum atomic E-state index is 13.7. The summed E-state index contributed by atoms with van der Waals surface area (Å²) >= 11 is 0. The molecule has 5 heteroatoms. The van der Waals surface area contributed by atoms with Crippen molar-refractivity contribution in [2.75, 3.05) is 5.73 Å². The highest BCUT2D eigenvalue weighted by Crippen LogP contribution is 2.42. The van der Waals surface area contributed by atoms with Gasteiger partial charge in [0, 0.05) is 34.8 Å². The van der Waals surface area contributed by atoms with Crippen LogP contribution in [0.3, 0.4) is 0 Å². The Morgan fingerprint density at radius 2 is 1.58 bits per heavy atom. The molecule has 3 aromatic carbocycles. The minimum atomic E-state index is -0.312. The van der Waals surface area contributed by atoms with Crippen molar-refractivity contribution in [1.29, 1.82) is 0 Å². The van der Waals surface area contributed by atoms with Crippen LogP contribution in [0, 0.1) is 13.8 Å². The molecule has 0 radical (unpaired) electrons. The lowest BCUT2D eigenvalue weighted by Gasteiger charge is -2.37. The molecule has 2 N–H and O–H groups in total. The van der Waals surface area contributed by atoms with Crippen molar-refractivity contribution >= 4 is 34.7 Å². The molecule has 1 atom stereocenters. The normalized spacial score (nSPS) is 16.1. The molecule has 0 amide bonds. The van der Waals surface area contributed by atoms with Crippen molar-refractivity contribution in [1.82, 2.24) is 0 Å². The summed E-state index contributed by atoms with van der Waals surface area (Å²) in [6, 6.07) is 22.0. The van der Waals surface area contributed by atoms with Gasteiger partial charge in [-0.3, -0.25) is 0 Å². The van der Waals surface area contributed by atoms with Gasteiger partial charge in [0.15, 0.2) is 0 Å². The number of benzene rings is 3. The minimum Gasteiger partial charge on any atom is -0.487 e. The number of nitrogen functional groups attached to an aromatic ring is 1. The summed E-state index contributed by atoms with van der Waals surface area (Å²) in [5, 5.41) is 1.06. The van der Waals surface area contributed by atoms with Gasteiger partial charge in [0.05, 0.1) is 0 Å². The van der Waals surface area contributed by atoms with Gasteiger partial charge >= 0.3 is 5.97 Å². The largest absolute Gasteiger partial charge is 0.487 e. The van der Waals surface area contributed by atoms with E-state index in [9.17, 15) is 4.79 Å². The number of fused-ring (bicyclic) bond motifs is 2. The average molecular weight is 698 g/mol. The molecule has 0 fully saturated rings. The average Bonchev–Trinajstić information content (AvgIpc) is 3.10. The van der Waals surface area contributed by atoms with Crippen LogP contribution in [-0.4, -0.2) is 11.6 Å². The molecule has 5 rings (SSSR count). The zero-order valence-corrected chi connectivity index (χ0v) is 32.4. The van der Waals surface area contributed by atoms with E-state index in [-0.39, 0.29) is 18.1 Å². The van der Waals surface area contributed by atoms with E-state index in [2.05, 4.69) is 78.0 Å². The quantitative estimate of drug-likeness (QED) is 0.0468. The molecule has 1 aliphatic heterocycles. The lowest BCUT2D eigenvalue weighted by Crippen LogP contribution is -2.43. The molecule has 52 heavy (non-hydrogen) atoms. The summed E-state index contributed by atoms with van der Waals surface area (Å²) in [4.78, 5) is 13.7. The van der Waals surface area contributed by atoms with Crippen molar-refractivity contribution in [2.24, 2.45) is 0 Å². The smallest absolute Gasteiger partial charge is 0.378 e. The van der Waals surface area contributed by atoms with Gasteiger partial charge in [-0.25, -0.2) is 4.79 Å². The number of nitrogens with zero attached hydrogens (tertiary/aromatic N) is 1. The van der Waals surface area contributed by atoms with Crippen LogP contribution < -0.4 is 19.8 Å². The van der Waals surface area contributed by atoms with E-state index >= 15 is 0 Å². The number of pyridine rings is 1. The number of anilines is 1. The number of nitrogens with two attached hydrogens (primary N) is 1. The van der Waals surface area contributed by atoms with Crippen molar-refractivity contribution in [3.8, 4) is 11.5 Å². The van der Waals surface area contributed by atoms with Crippen molar-refractivity contribution in [2.45, 2.75) is 112 Å². The van der Waals surface area contributed by atoms with E-state index in [1.54, 1.807) is 0 Å². The first-order valence-corrected chi connectivity index (χ1v) is 18.8. The maximum absolute atomic E-state index is 13.7. The van der Waals surface area contributed by atoms with E-state index in [1.165, 1.54) is 16.7 Å². The van der Waals surface area contributed by atoms with Gasteiger partial charge in [0.25, 0.3) is 0 Å². The Kier molecular flexibility index (Phi) is 12.9. The molecule has 0 saturated heterocycles. The summed E-state index contributed by atoms with van der Waals surface area (Å²) in [5.74, 6) is 1.24. The highest BCUT2D eigenvalue weighted by Gasteiger charge is 2.33. The van der Waals surface area contributed by atoms with Gasteiger partial charge < -0.3 is 15.2 Å². The molecule has 0 aliphatic carbocycles. The molecule has 272 valence electrons. The lowest BCUT2D eigenvalue weighted by atomic mass is 9.86. The number of esters is 1. The third-order valence-electron chi connectivity index (χ3n) is 10.2. The van der Waals surface area contributed by atoms with Crippen LogP contribution in [0.1, 0.15) is 108 Å². The van der Waals surface area contributed by atoms with Gasteiger partial charge in [-0.15, -0.1) is 0 Å². The molecule has 1 aliphatic rings. The molecule has 1 aromatic heterocycles. The Bertz CT molecular complexity index is 2010. The molecular weight excluding hydrogens is 641 g/mol. The Labute approximate surface area is 311 Å². The van der Waals surface area contributed by atoms with Crippen molar-refractivity contribution < 1.29 is 18.8 Å². The monoisotopic (exact) mass is 697 g/mol. The van der Waals surface area contributed by atoms with Gasteiger partial charge in [0.1, 0.15) is 17.1 Å². The SMILES string of the molecule is CC(C)=CCC/C(C)=C/CC/C(C)=C/CCC1(C)CCc2c(cc(C)c(OC(=O)C[n+]3c(/C=C/c4ccc(N)cc4)ccc4ccccc43)c2C)O1. The summed E-state index contributed by atoms with van der Waals surface area (Å²) in [5.41, 5.74) is 16.6. The number of hydrogen-bond acceptors (Lipinski definition) is 4. The second kappa shape index (κ2) is 17.5. The second-order valence-corrected chi connectivity index (χ2v) is 15.1.